The molecule has 1 N–H and O–H groups in total. The first kappa shape index (κ1) is 16.4. The molecule has 2 rings (SSSR count). The Labute approximate surface area is 132 Å². The highest BCUT2D eigenvalue weighted by Gasteiger charge is 2.25. The molecule has 0 aliphatic rings. The quantitative estimate of drug-likeness (QED) is 0.897. The number of rotatable bonds is 5. The van der Waals surface area contributed by atoms with Gasteiger partial charge in [0.1, 0.15) is 5.82 Å². The van der Waals surface area contributed by atoms with E-state index in [-0.39, 0.29) is 20.4 Å². The molecule has 1 heterocycles. The Morgan fingerprint density at radius 1 is 1.29 bits per heavy atom. The van der Waals surface area contributed by atoms with Gasteiger partial charge in [0, 0.05) is 6.04 Å². The van der Waals surface area contributed by atoms with Gasteiger partial charge in [0.2, 0.25) is 0 Å². The molecule has 0 fully saturated rings. The van der Waals surface area contributed by atoms with Gasteiger partial charge < -0.3 is 0 Å². The van der Waals surface area contributed by atoms with Gasteiger partial charge >= 0.3 is 0 Å². The number of nitrogens with zero attached hydrogens (tertiary/aromatic N) is 1. The zero-order chi connectivity index (χ0) is 15.6. The fraction of sp³-hybridized carbons (Fsp3) is 0.308. The van der Waals surface area contributed by atoms with Crippen LogP contribution in [0.4, 0.5) is 4.39 Å². The van der Waals surface area contributed by atoms with E-state index in [1.165, 1.54) is 18.3 Å². The number of hydrogen-bond donors (Lipinski definition) is 1. The number of hydrogen-bond acceptors (Lipinski definition) is 4. The third kappa shape index (κ3) is 4.00. The lowest BCUT2D eigenvalue weighted by atomic mass is 9.97. The van der Waals surface area contributed by atoms with Crippen molar-refractivity contribution in [2.75, 3.05) is 0 Å². The van der Waals surface area contributed by atoms with Gasteiger partial charge in [-0.2, -0.15) is 0 Å². The van der Waals surface area contributed by atoms with Gasteiger partial charge in [0.05, 0.1) is 6.20 Å². The van der Waals surface area contributed by atoms with Crippen molar-refractivity contribution >= 4 is 33.0 Å². The van der Waals surface area contributed by atoms with E-state index < -0.39 is 16.1 Å². The molecule has 0 saturated heterocycles. The Bertz CT molecular complexity index is 714. The van der Waals surface area contributed by atoms with Crippen molar-refractivity contribution in [3.8, 4) is 0 Å². The Kier molecular flexibility index (Phi) is 4.98. The molecule has 0 spiro atoms. The minimum Gasteiger partial charge on any atom is -0.232 e. The highest BCUT2D eigenvalue weighted by atomic mass is 35.5. The fourth-order valence-electron chi connectivity index (χ4n) is 1.85. The SMILES string of the molecule is CC(C)C(NS(=O)(=O)c1cnc(Cl)s1)c1ccc(F)cc1. The molecule has 8 heteroatoms. The minimum atomic E-state index is -3.71. The molecule has 0 aliphatic heterocycles. The lowest BCUT2D eigenvalue weighted by Gasteiger charge is -2.22. The third-order valence-electron chi connectivity index (χ3n) is 2.90. The first-order valence-electron chi connectivity index (χ1n) is 6.19. The van der Waals surface area contributed by atoms with E-state index in [0.717, 1.165) is 11.3 Å². The van der Waals surface area contributed by atoms with Crippen LogP contribution in [0.3, 0.4) is 0 Å². The van der Waals surface area contributed by atoms with E-state index in [9.17, 15) is 12.8 Å². The van der Waals surface area contributed by atoms with Crippen molar-refractivity contribution in [1.82, 2.24) is 9.71 Å². The summed E-state index contributed by atoms with van der Waals surface area (Å²) in [6.45, 7) is 3.77. The molecule has 21 heavy (non-hydrogen) atoms. The van der Waals surface area contributed by atoms with E-state index in [2.05, 4.69) is 9.71 Å². The number of benzene rings is 1. The number of halogens is 2. The molecule has 4 nitrogen and oxygen atoms in total. The topological polar surface area (TPSA) is 59.1 Å². The molecule has 1 aromatic heterocycles. The highest BCUT2D eigenvalue weighted by Crippen LogP contribution is 2.27. The van der Waals surface area contributed by atoms with Gasteiger partial charge in [-0.3, -0.25) is 0 Å². The first-order valence-corrected chi connectivity index (χ1v) is 8.86. The van der Waals surface area contributed by atoms with Crippen LogP contribution in [0.5, 0.6) is 0 Å². The Hall–Kier alpha value is -1.02. The molecule has 2 aromatic rings. The van der Waals surface area contributed by atoms with Crippen LogP contribution in [0.1, 0.15) is 25.5 Å². The Morgan fingerprint density at radius 3 is 2.38 bits per heavy atom. The van der Waals surface area contributed by atoms with Crippen LogP contribution in [0.25, 0.3) is 0 Å². The van der Waals surface area contributed by atoms with E-state index in [1.807, 2.05) is 13.8 Å². The molecule has 0 amide bonds. The molecule has 1 unspecified atom stereocenters. The molecular formula is C13H14ClFN2O2S2. The number of sulfonamides is 1. The van der Waals surface area contributed by atoms with E-state index in [1.54, 1.807) is 12.1 Å². The van der Waals surface area contributed by atoms with Crippen LogP contribution < -0.4 is 4.72 Å². The van der Waals surface area contributed by atoms with E-state index in [0.29, 0.717) is 5.56 Å². The van der Waals surface area contributed by atoms with Gasteiger partial charge in [-0.05, 0) is 23.6 Å². The maximum Gasteiger partial charge on any atom is 0.252 e. The lowest BCUT2D eigenvalue weighted by Crippen LogP contribution is -2.31. The van der Waals surface area contributed by atoms with Crippen LogP contribution in [-0.2, 0) is 10.0 Å². The largest absolute Gasteiger partial charge is 0.252 e. The summed E-state index contributed by atoms with van der Waals surface area (Å²) in [4.78, 5) is 3.73. The predicted octanol–water partition coefficient (Wildman–Crippen LogP) is 3.61. The van der Waals surface area contributed by atoms with Crippen LogP contribution in [-0.4, -0.2) is 13.4 Å². The fourth-order valence-corrected chi connectivity index (χ4v) is 4.53. The Balaban J connectivity index is 2.30. The summed E-state index contributed by atoms with van der Waals surface area (Å²) >= 11 is 6.56. The van der Waals surface area contributed by atoms with Crippen LogP contribution >= 0.6 is 22.9 Å². The maximum atomic E-state index is 13.0. The van der Waals surface area contributed by atoms with Gasteiger partial charge in [-0.1, -0.05) is 48.9 Å². The number of thiazole rings is 1. The Morgan fingerprint density at radius 2 is 1.90 bits per heavy atom. The zero-order valence-electron chi connectivity index (χ0n) is 11.4. The average Bonchev–Trinajstić information content (AvgIpc) is 2.84. The second-order valence-corrected chi connectivity index (χ2v) is 8.38. The van der Waals surface area contributed by atoms with Gasteiger partial charge in [-0.25, -0.2) is 22.5 Å². The van der Waals surface area contributed by atoms with Crippen molar-refractivity contribution in [3.63, 3.8) is 0 Å². The molecule has 0 aliphatic carbocycles. The molecule has 1 atom stereocenters. The lowest BCUT2D eigenvalue weighted by molar-refractivity contribution is 0.463. The summed E-state index contributed by atoms with van der Waals surface area (Å²) in [5, 5.41) is 0. The number of aromatic nitrogens is 1. The second kappa shape index (κ2) is 6.39. The summed E-state index contributed by atoms with van der Waals surface area (Å²) in [6, 6.07) is 5.30. The van der Waals surface area contributed by atoms with Crippen molar-refractivity contribution in [2.24, 2.45) is 5.92 Å². The van der Waals surface area contributed by atoms with Crippen molar-refractivity contribution in [3.05, 3.63) is 46.3 Å². The number of nitrogens with one attached hydrogen (secondary N) is 1. The van der Waals surface area contributed by atoms with Crippen LogP contribution in [0, 0.1) is 11.7 Å². The molecule has 1 aromatic carbocycles. The van der Waals surface area contributed by atoms with E-state index in [4.69, 9.17) is 11.6 Å². The summed E-state index contributed by atoms with van der Waals surface area (Å²) in [6.07, 6.45) is 1.22. The standard InChI is InChI=1S/C13H14ClFN2O2S2/c1-8(2)12(9-3-5-10(15)6-4-9)17-21(18,19)11-7-16-13(14)20-11/h3-8,12,17H,1-2H3. The van der Waals surface area contributed by atoms with Crippen molar-refractivity contribution < 1.29 is 12.8 Å². The average molecular weight is 349 g/mol. The summed E-state index contributed by atoms with van der Waals surface area (Å²) in [7, 11) is -3.71. The summed E-state index contributed by atoms with van der Waals surface area (Å²) < 4.78 is 40.5. The minimum absolute atomic E-state index is 0.00590. The first-order chi connectivity index (χ1) is 9.79. The molecular weight excluding hydrogens is 335 g/mol. The molecule has 0 radical (unpaired) electrons. The third-order valence-corrected chi connectivity index (χ3v) is 5.92. The zero-order valence-corrected chi connectivity index (χ0v) is 13.8. The normalized spacial score (nSPS) is 13.6. The summed E-state index contributed by atoms with van der Waals surface area (Å²) in [5.74, 6) is -0.369. The van der Waals surface area contributed by atoms with Crippen molar-refractivity contribution in [2.45, 2.75) is 24.1 Å². The monoisotopic (exact) mass is 348 g/mol. The van der Waals surface area contributed by atoms with Gasteiger partial charge in [-0.15, -0.1) is 0 Å². The predicted molar refractivity (Wildman–Crippen MR) is 81.4 cm³/mol. The van der Waals surface area contributed by atoms with Crippen molar-refractivity contribution in [1.29, 1.82) is 0 Å². The highest BCUT2D eigenvalue weighted by molar-refractivity contribution is 7.91. The van der Waals surface area contributed by atoms with Gasteiger partial charge in [0.15, 0.2) is 8.68 Å². The van der Waals surface area contributed by atoms with Crippen LogP contribution in [0.2, 0.25) is 4.47 Å². The maximum absolute atomic E-state index is 13.0. The molecule has 0 saturated carbocycles. The van der Waals surface area contributed by atoms with Crippen LogP contribution in [0.15, 0.2) is 34.7 Å². The molecule has 114 valence electrons. The summed E-state index contributed by atoms with van der Waals surface area (Å²) in [5.41, 5.74) is 0.700. The molecule has 0 bridgehead atoms. The van der Waals surface area contributed by atoms with E-state index >= 15 is 0 Å². The van der Waals surface area contributed by atoms with Gasteiger partial charge in [0.25, 0.3) is 10.0 Å². The second-order valence-electron chi connectivity index (χ2n) is 4.83. The smallest absolute Gasteiger partial charge is 0.232 e.